The van der Waals surface area contributed by atoms with Crippen LogP contribution in [0.4, 0.5) is 4.39 Å². The second kappa shape index (κ2) is 8.50. The fourth-order valence-electron chi connectivity index (χ4n) is 2.15. The first-order chi connectivity index (χ1) is 9.79. The van der Waals surface area contributed by atoms with Crippen molar-refractivity contribution in [2.24, 2.45) is 5.92 Å². The summed E-state index contributed by atoms with van der Waals surface area (Å²) in [4.78, 5) is 0. The maximum atomic E-state index is 14.0. The Morgan fingerprint density at radius 3 is 2.43 bits per heavy atom. The molecule has 0 saturated carbocycles. The highest BCUT2D eigenvalue weighted by Gasteiger charge is 2.18. The standard InChI is InChI=1S/C18H30FNO/c1-14(2)13-21-11-10-15(12-20-18(3,4)5)16-8-6-7-9-17(16)19/h6-9,14-15,20H,10-13H2,1-5H3. The van der Waals surface area contributed by atoms with Crippen LogP contribution in [0.2, 0.25) is 0 Å². The topological polar surface area (TPSA) is 21.3 Å². The minimum atomic E-state index is -0.123. The molecular weight excluding hydrogens is 265 g/mol. The van der Waals surface area contributed by atoms with Crippen LogP contribution in [0.5, 0.6) is 0 Å². The van der Waals surface area contributed by atoms with Gasteiger partial charge in [0, 0.05) is 31.2 Å². The molecule has 0 amide bonds. The summed E-state index contributed by atoms with van der Waals surface area (Å²) in [6.07, 6.45) is 0.830. The molecule has 0 radical (unpaired) electrons. The Labute approximate surface area is 129 Å². The average Bonchev–Trinajstić information content (AvgIpc) is 2.37. The predicted octanol–water partition coefficient (Wildman–Crippen LogP) is 4.36. The summed E-state index contributed by atoms with van der Waals surface area (Å²) in [5.41, 5.74) is 0.810. The highest BCUT2D eigenvalue weighted by atomic mass is 19.1. The molecule has 0 aliphatic heterocycles. The predicted molar refractivity (Wildman–Crippen MR) is 87.2 cm³/mol. The molecule has 1 aromatic carbocycles. The molecule has 1 N–H and O–H groups in total. The Balaban J connectivity index is 2.64. The molecule has 0 saturated heterocycles. The van der Waals surface area contributed by atoms with E-state index in [0.717, 1.165) is 25.1 Å². The van der Waals surface area contributed by atoms with Gasteiger partial charge >= 0.3 is 0 Å². The van der Waals surface area contributed by atoms with Crippen LogP contribution in [0.1, 0.15) is 52.5 Å². The molecule has 1 rings (SSSR count). The van der Waals surface area contributed by atoms with Crippen LogP contribution >= 0.6 is 0 Å². The van der Waals surface area contributed by atoms with Crippen LogP contribution in [0.3, 0.4) is 0 Å². The van der Waals surface area contributed by atoms with Gasteiger partial charge in [-0.1, -0.05) is 32.0 Å². The molecule has 3 heteroatoms. The van der Waals surface area contributed by atoms with E-state index in [1.807, 2.05) is 12.1 Å². The summed E-state index contributed by atoms with van der Waals surface area (Å²) >= 11 is 0. The fourth-order valence-corrected chi connectivity index (χ4v) is 2.15. The van der Waals surface area contributed by atoms with Crippen molar-refractivity contribution >= 4 is 0 Å². The number of benzene rings is 1. The van der Waals surface area contributed by atoms with Crippen molar-refractivity contribution in [2.45, 2.75) is 52.5 Å². The van der Waals surface area contributed by atoms with Gasteiger partial charge in [-0.25, -0.2) is 4.39 Å². The quantitative estimate of drug-likeness (QED) is 0.719. The molecule has 1 atom stereocenters. The van der Waals surface area contributed by atoms with E-state index in [9.17, 15) is 4.39 Å². The second-order valence-corrected chi connectivity index (χ2v) is 7.11. The maximum Gasteiger partial charge on any atom is 0.126 e. The number of halogens is 1. The van der Waals surface area contributed by atoms with Crippen molar-refractivity contribution in [3.63, 3.8) is 0 Å². The summed E-state index contributed by atoms with van der Waals surface area (Å²) < 4.78 is 19.7. The van der Waals surface area contributed by atoms with E-state index in [-0.39, 0.29) is 17.3 Å². The van der Waals surface area contributed by atoms with Gasteiger partial charge in [0.2, 0.25) is 0 Å². The monoisotopic (exact) mass is 295 g/mol. The molecule has 0 aromatic heterocycles. The lowest BCUT2D eigenvalue weighted by molar-refractivity contribution is 0.103. The van der Waals surface area contributed by atoms with Gasteiger partial charge in [-0.05, 0) is 44.7 Å². The van der Waals surface area contributed by atoms with Gasteiger partial charge in [-0.15, -0.1) is 0 Å². The van der Waals surface area contributed by atoms with Crippen molar-refractivity contribution < 1.29 is 9.13 Å². The molecule has 120 valence electrons. The molecule has 21 heavy (non-hydrogen) atoms. The van der Waals surface area contributed by atoms with E-state index in [1.54, 1.807) is 6.07 Å². The Bertz CT molecular complexity index is 412. The zero-order valence-corrected chi connectivity index (χ0v) is 14.1. The van der Waals surface area contributed by atoms with E-state index in [2.05, 4.69) is 39.9 Å². The summed E-state index contributed by atoms with van der Waals surface area (Å²) in [5, 5.41) is 3.48. The molecule has 1 aromatic rings. The molecular formula is C18H30FNO. The van der Waals surface area contributed by atoms with Gasteiger partial charge in [0.05, 0.1) is 0 Å². The van der Waals surface area contributed by atoms with Gasteiger partial charge in [0.1, 0.15) is 5.82 Å². The Kier molecular flexibility index (Phi) is 7.33. The van der Waals surface area contributed by atoms with Gasteiger partial charge in [0.15, 0.2) is 0 Å². The molecule has 0 fully saturated rings. The number of nitrogens with one attached hydrogen (secondary N) is 1. The van der Waals surface area contributed by atoms with Crippen molar-refractivity contribution in [3.05, 3.63) is 35.6 Å². The van der Waals surface area contributed by atoms with Crippen LogP contribution < -0.4 is 5.32 Å². The molecule has 2 nitrogen and oxygen atoms in total. The Morgan fingerprint density at radius 1 is 1.19 bits per heavy atom. The van der Waals surface area contributed by atoms with Gasteiger partial charge < -0.3 is 10.1 Å². The molecule has 0 heterocycles. The zero-order chi connectivity index (χ0) is 15.9. The molecule has 0 bridgehead atoms. The number of ether oxygens (including phenoxy) is 1. The van der Waals surface area contributed by atoms with Gasteiger partial charge in [-0.3, -0.25) is 0 Å². The van der Waals surface area contributed by atoms with Crippen molar-refractivity contribution in [2.75, 3.05) is 19.8 Å². The Morgan fingerprint density at radius 2 is 1.86 bits per heavy atom. The van der Waals surface area contributed by atoms with Gasteiger partial charge in [0.25, 0.3) is 0 Å². The summed E-state index contributed by atoms with van der Waals surface area (Å²) in [6.45, 7) is 12.8. The van der Waals surface area contributed by atoms with E-state index < -0.39 is 0 Å². The van der Waals surface area contributed by atoms with E-state index in [1.165, 1.54) is 6.07 Å². The first-order valence-corrected chi connectivity index (χ1v) is 7.87. The van der Waals surface area contributed by atoms with E-state index in [4.69, 9.17) is 4.74 Å². The minimum Gasteiger partial charge on any atom is -0.381 e. The van der Waals surface area contributed by atoms with Crippen LogP contribution in [-0.2, 0) is 4.74 Å². The smallest absolute Gasteiger partial charge is 0.126 e. The lowest BCUT2D eigenvalue weighted by atomic mass is 9.94. The number of rotatable bonds is 8. The van der Waals surface area contributed by atoms with Crippen LogP contribution in [0.15, 0.2) is 24.3 Å². The highest BCUT2D eigenvalue weighted by Crippen LogP contribution is 2.23. The first kappa shape index (κ1) is 18.1. The SMILES string of the molecule is CC(C)COCCC(CNC(C)(C)C)c1ccccc1F. The maximum absolute atomic E-state index is 14.0. The third kappa shape index (κ3) is 7.58. The molecule has 1 unspecified atom stereocenters. The zero-order valence-electron chi connectivity index (χ0n) is 14.1. The molecule has 0 aliphatic carbocycles. The van der Waals surface area contributed by atoms with Gasteiger partial charge in [-0.2, -0.15) is 0 Å². The third-order valence-corrected chi connectivity index (χ3v) is 3.29. The molecule has 0 aliphatic rings. The van der Waals surface area contributed by atoms with Crippen LogP contribution in [0.25, 0.3) is 0 Å². The largest absolute Gasteiger partial charge is 0.381 e. The van der Waals surface area contributed by atoms with E-state index in [0.29, 0.717) is 12.5 Å². The number of hydrogen-bond donors (Lipinski definition) is 1. The summed E-state index contributed by atoms with van der Waals surface area (Å²) in [5.74, 6) is 0.546. The van der Waals surface area contributed by atoms with Crippen molar-refractivity contribution in [1.82, 2.24) is 5.32 Å². The average molecular weight is 295 g/mol. The Hall–Kier alpha value is -0.930. The minimum absolute atomic E-state index is 0.0301. The normalized spacial score (nSPS) is 13.7. The van der Waals surface area contributed by atoms with Crippen LogP contribution in [0, 0.1) is 11.7 Å². The summed E-state index contributed by atoms with van der Waals surface area (Å²) in [7, 11) is 0. The second-order valence-electron chi connectivity index (χ2n) is 7.11. The summed E-state index contributed by atoms with van der Waals surface area (Å²) in [6, 6.07) is 7.06. The van der Waals surface area contributed by atoms with Crippen molar-refractivity contribution in [1.29, 1.82) is 0 Å². The highest BCUT2D eigenvalue weighted by molar-refractivity contribution is 5.22. The fraction of sp³-hybridized carbons (Fsp3) is 0.667. The lowest BCUT2D eigenvalue weighted by Crippen LogP contribution is -2.39. The van der Waals surface area contributed by atoms with Crippen LogP contribution in [-0.4, -0.2) is 25.3 Å². The third-order valence-electron chi connectivity index (χ3n) is 3.29. The van der Waals surface area contributed by atoms with Crippen molar-refractivity contribution in [3.8, 4) is 0 Å². The lowest BCUT2D eigenvalue weighted by Gasteiger charge is -2.26. The first-order valence-electron chi connectivity index (χ1n) is 7.87. The van der Waals surface area contributed by atoms with E-state index >= 15 is 0 Å². The molecule has 0 spiro atoms. The number of hydrogen-bond acceptors (Lipinski definition) is 2.